The number of hydrogen-bond acceptors (Lipinski definition) is 4. The van der Waals surface area contributed by atoms with Gasteiger partial charge in [-0.15, -0.1) is 0 Å². The predicted molar refractivity (Wildman–Crippen MR) is 64.1 cm³/mol. The molecule has 0 aromatic heterocycles. The Morgan fingerprint density at radius 3 is 2.31 bits per heavy atom. The molecule has 0 heterocycles. The number of rotatable bonds is 7. The molecule has 0 aliphatic carbocycles. The maximum absolute atomic E-state index is 11.3. The van der Waals surface area contributed by atoms with Crippen LogP contribution in [0.15, 0.2) is 0 Å². The van der Waals surface area contributed by atoms with Gasteiger partial charge in [0.05, 0.1) is 19.1 Å². The minimum Gasteiger partial charge on any atom is -0.469 e. The van der Waals surface area contributed by atoms with Gasteiger partial charge in [0.15, 0.2) is 0 Å². The molecule has 0 radical (unpaired) electrons. The molecular weight excluding hydrogens is 206 g/mol. The second-order valence-electron chi connectivity index (χ2n) is 4.79. The molecule has 16 heavy (non-hydrogen) atoms. The maximum Gasteiger partial charge on any atom is 0.309 e. The highest BCUT2D eigenvalue weighted by Crippen LogP contribution is 2.07. The molecule has 0 aromatic rings. The molecule has 0 aliphatic rings. The highest BCUT2D eigenvalue weighted by Gasteiger charge is 2.21. The molecular formula is C12H25NO3. The van der Waals surface area contributed by atoms with Crippen molar-refractivity contribution in [3.8, 4) is 0 Å². The summed E-state index contributed by atoms with van der Waals surface area (Å²) < 4.78 is 4.66. The van der Waals surface area contributed by atoms with Gasteiger partial charge in [-0.25, -0.2) is 0 Å². The number of methoxy groups -OCH3 is 1. The van der Waals surface area contributed by atoms with E-state index in [-0.39, 0.29) is 24.0 Å². The zero-order valence-electron chi connectivity index (χ0n) is 11.0. The quantitative estimate of drug-likeness (QED) is 0.646. The summed E-state index contributed by atoms with van der Waals surface area (Å²) in [5, 5.41) is 12.8. The van der Waals surface area contributed by atoms with Crippen LogP contribution < -0.4 is 5.32 Å². The summed E-state index contributed by atoms with van der Waals surface area (Å²) in [6.45, 7) is 8.40. The molecule has 0 spiro atoms. The average Bonchev–Trinajstić information content (AvgIpc) is 2.22. The van der Waals surface area contributed by atoms with Crippen molar-refractivity contribution in [1.82, 2.24) is 5.32 Å². The Hall–Kier alpha value is -0.610. The van der Waals surface area contributed by atoms with Crippen LogP contribution in [0.1, 0.15) is 34.1 Å². The number of aliphatic hydroxyl groups is 1. The smallest absolute Gasteiger partial charge is 0.309 e. The second-order valence-corrected chi connectivity index (χ2v) is 4.79. The molecule has 96 valence electrons. The van der Waals surface area contributed by atoms with E-state index in [4.69, 9.17) is 0 Å². The molecule has 0 bridgehead atoms. The standard InChI is InChI=1S/C12H25NO3/c1-8(2)6-11(14)7-13-10(4)9(3)12(15)16-5/h8-11,13-14H,6-7H2,1-5H3. The zero-order valence-corrected chi connectivity index (χ0v) is 11.0. The summed E-state index contributed by atoms with van der Waals surface area (Å²) in [7, 11) is 1.39. The van der Waals surface area contributed by atoms with Crippen LogP contribution in [0.3, 0.4) is 0 Å². The van der Waals surface area contributed by atoms with Gasteiger partial charge in [0.2, 0.25) is 0 Å². The first-order chi connectivity index (χ1) is 7.38. The van der Waals surface area contributed by atoms with E-state index in [1.54, 1.807) is 0 Å². The van der Waals surface area contributed by atoms with Crippen LogP contribution in [0.2, 0.25) is 0 Å². The van der Waals surface area contributed by atoms with Crippen LogP contribution in [-0.4, -0.2) is 36.9 Å². The van der Waals surface area contributed by atoms with Gasteiger partial charge in [-0.3, -0.25) is 4.79 Å². The highest BCUT2D eigenvalue weighted by atomic mass is 16.5. The van der Waals surface area contributed by atoms with E-state index in [0.29, 0.717) is 12.5 Å². The summed E-state index contributed by atoms with van der Waals surface area (Å²) in [6.07, 6.45) is 0.416. The molecule has 0 saturated carbocycles. The molecule has 0 amide bonds. The van der Waals surface area contributed by atoms with Gasteiger partial charge in [-0.1, -0.05) is 20.8 Å². The minimum absolute atomic E-state index is 0.00858. The molecule has 0 aromatic carbocycles. The van der Waals surface area contributed by atoms with E-state index >= 15 is 0 Å². The fourth-order valence-corrected chi connectivity index (χ4v) is 1.52. The normalized spacial score (nSPS) is 16.9. The maximum atomic E-state index is 11.3. The molecule has 0 saturated heterocycles. The van der Waals surface area contributed by atoms with Crippen LogP contribution in [0.5, 0.6) is 0 Å². The first-order valence-electron chi connectivity index (χ1n) is 5.87. The lowest BCUT2D eigenvalue weighted by molar-refractivity contribution is -0.145. The van der Waals surface area contributed by atoms with E-state index < -0.39 is 0 Å². The Morgan fingerprint density at radius 2 is 1.88 bits per heavy atom. The molecule has 0 fully saturated rings. The Kier molecular flexibility index (Phi) is 7.34. The topological polar surface area (TPSA) is 58.6 Å². The Labute approximate surface area is 98.4 Å². The number of ether oxygens (including phenoxy) is 1. The van der Waals surface area contributed by atoms with Crippen molar-refractivity contribution in [1.29, 1.82) is 0 Å². The van der Waals surface area contributed by atoms with Crippen LogP contribution in [-0.2, 0) is 9.53 Å². The van der Waals surface area contributed by atoms with Crippen LogP contribution in [0.25, 0.3) is 0 Å². The monoisotopic (exact) mass is 231 g/mol. The van der Waals surface area contributed by atoms with Gasteiger partial charge < -0.3 is 15.2 Å². The molecule has 2 N–H and O–H groups in total. The second kappa shape index (κ2) is 7.63. The van der Waals surface area contributed by atoms with Crippen molar-refractivity contribution in [2.45, 2.75) is 46.3 Å². The SMILES string of the molecule is COC(=O)C(C)C(C)NCC(O)CC(C)C. The minimum atomic E-state index is -0.354. The molecule has 0 rings (SSSR count). The summed E-state index contributed by atoms with van der Waals surface area (Å²) in [4.78, 5) is 11.3. The average molecular weight is 231 g/mol. The summed E-state index contributed by atoms with van der Waals surface area (Å²) >= 11 is 0. The summed E-state index contributed by atoms with van der Waals surface area (Å²) in [5.74, 6) is 0.0553. The highest BCUT2D eigenvalue weighted by molar-refractivity contribution is 5.72. The lowest BCUT2D eigenvalue weighted by Crippen LogP contribution is -2.40. The van der Waals surface area contributed by atoms with Gasteiger partial charge in [0.25, 0.3) is 0 Å². The largest absolute Gasteiger partial charge is 0.469 e. The van der Waals surface area contributed by atoms with Crippen molar-refractivity contribution >= 4 is 5.97 Å². The summed E-state index contributed by atoms with van der Waals surface area (Å²) in [5.41, 5.74) is 0. The van der Waals surface area contributed by atoms with E-state index in [1.165, 1.54) is 7.11 Å². The van der Waals surface area contributed by atoms with Gasteiger partial charge in [-0.05, 0) is 19.3 Å². The van der Waals surface area contributed by atoms with Crippen molar-refractivity contribution < 1.29 is 14.6 Å². The van der Waals surface area contributed by atoms with E-state index in [0.717, 1.165) is 6.42 Å². The van der Waals surface area contributed by atoms with Gasteiger partial charge in [-0.2, -0.15) is 0 Å². The Morgan fingerprint density at radius 1 is 1.31 bits per heavy atom. The fourth-order valence-electron chi connectivity index (χ4n) is 1.52. The van der Waals surface area contributed by atoms with Crippen molar-refractivity contribution in [2.24, 2.45) is 11.8 Å². The van der Waals surface area contributed by atoms with Crippen molar-refractivity contribution in [3.63, 3.8) is 0 Å². The van der Waals surface area contributed by atoms with Crippen molar-refractivity contribution in [3.05, 3.63) is 0 Å². The molecule has 3 unspecified atom stereocenters. The first kappa shape index (κ1) is 15.4. The third-order valence-corrected chi connectivity index (χ3v) is 2.74. The van der Waals surface area contributed by atoms with Crippen LogP contribution in [0.4, 0.5) is 0 Å². The van der Waals surface area contributed by atoms with Crippen LogP contribution >= 0.6 is 0 Å². The Bertz CT molecular complexity index is 206. The number of aliphatic hydroxyl groups excluding tert-OH is 1. The van der Waals surface area contributed by atoms with Crippen molar-refractivity contribution in [2.75, 3.05) is 13.7 Å². The Balaban J connectivity index is 3.88. The molecule has 0 aliphatic heterocycles. The van der Waals surface area contributed by atoms with E-state index in [1.807, 2.05) is 13.8 Å². The lowest BCUT2D eigenvalue weighted by Gasteiger charge is -2.21. The number of hydrogen-bond donors (Lipinski definition) is 2. The van der Waals surface area contributed by atoms with E-state index in [9.17, 15) is 9.90 Å². The van der Waals surface area contributed by atoms with Gasteiger partial charge in [0.1, 0.15) is 0 Å². The first-order valence-corrected chi connectivity index (χ1v) is 5.87. The third-order valence-electron chi connectivity index (χ3n) is 2.74. The van der Waals surface area contributed by atoms with Gasteiger partial charge >= 0.3 is 5.97 Å². The molecule has 3 atom stereocenters. The lowest BCUT2D eigenvalue weighted by atomic mass is 10.0. The number of nitrogens with one attached hydrogen (secondary N) is 1. The molecule has 4 heteroatoms. The number of carbonyl (C=O) groups is 1. The zero-order chi connectivity index (χ0) is 12.7. The predicted octanol–water partition coefficient (Wildman–Crippen LogP) is 1.18. The van der Waals surface area contributed by atoms with Gasteiger partial charge in [0, 0.05) is 12.6 Å². The fraction of sp³-hybridized carbons (Fsp3) is 0.917. The number of carbonyl (C=O) groups excluding carboxylic acids is 1. The van der Waals surface area contributed by atoms with Crippen LogP contribution in [0, 0.1) is 11.8 Å². The van der Waals surface area contributed by atoms with E-state index in [2.05, 4.69) is 23.9 Å². The molecule has 4 nitrogen and oxygen atoms in total. The third kappa shape index (κ3) is 6.08. The number of esters is 1. The summed E-state index contributed by atoms with van der Waals surface area (Å²) in [6, 6.07) is 0.00858.